The molecule has 8 nitrogen and oxygen atoms in total. The quantitative estimate of drug-likeness (QED) is 0.491. The summed E-state index contributed by atoms with van der Waals surface area (Å²) in [6.07, 6.45) is -3.10. The van der Waals surface area contributed by atoms with Gasteiger partial charge in [-0.3, -0.25) is 0 Å². The maximum Gasteiger partial charge on any atom is 0.407 e. The highest BCUT2D eigenvalue weighted by atomic mass is 16.6. The Morgan fingerprint density at radius 3 is 2.42 bits per heavy atom. The number of hydrogen-bond acceptors (Lipinski definition) is 6. The molecule has 2 unspecified atom stereocenters. The number of carbonyl (C=O) groups excluding carboxylic acids is 1. The van der Waals surface area contributed by atoms with Crippen molar-refractivity contribution in [3.05, 3.63) is 29.3 Å². The molecule has 0 saturated heterocycles. The molecule has 6 N–H and O–H groups in total. The number of alkyl carbamates (subject to hydrolysis) is 1. The molecule has 24 heavy (non-hydrogen) atoms. The van der Waals surface area contributed by atoms with E-state index in [2.05, 4.69) is 5.32 Å². The van der Waals surface area contributed by atoms with Crippen LogP contribution in [0.2, 0.25) is 0 Å². The van der Waals surface area contributed by atoms with E-state index in [1.807, 2.05) is 0 Å². The summed E-state index contributed by atoms with van der Waals surface area (Å²) in [6, 6.07) is 3.89. The number of aliphatic hydroxyl groups excluding tert-OH is 2. The molecule has 1 aromatic rings. The zero-order valence-electron chi connectivity index (χ0n) is 13.9. The van der Waals surface area contributed by atoms with Gasteiger partial charge < -0.3 is 31.1 Å². The number of amides is 1. The van der Waals surface area contributed by atoms with Crippen LogP contribution in [0.3, 0.4) is 0 Å². The van der Waals surface area contributed by atoms with E-state index in [0.29, 0.717) is 0 Å². The van der Waals surface area contributed by atoms with Crippen LogP contribution in [-0.4, -0.2) is 45.6 Å². The third-order valence-electron chi connectivity index (χ3n) is 3.04. The van der Waals surface area contributed by atoms with Crippen LogP contribution >= 0.6 is 0 Å². The maximum atomic E-state index is 11.5. The largest absolute Gasteiger partial charge is 0.478 e. The minimum absolute atomic E-state index is 0.0532. The number of hydrogen-bond donors (Lipinski definition) is 5. The fraction of sp³-hybridized carbons (Fsp3) is 0.500. The molecule has 0 bridgehead atoms. The highest BCUT2D eigenvalue weighted by Gasteiger charge is 2.21. The number of rotatable bonds is 6. The minimum atomic E-state index is -1.33. The molecule has 0 heterocycles. The van der Waals surface area contributed by atoms with Crippen LogP contribution in [0.15, 0.2) is 18.2 Å². The smallest absolute Gasteiger partial charge is 0.407 e. The van der Waals surface area contributed by atoms with Gasteiger partial charge in [-0.1, -0.05) is 0 Å². The first-order chi connectivity index (χ1) is 11.0. The van der Waals surface area contributed by atoms with Crippen LogP contribution in [0.4, 0.5) is 10.5 Å². The number of nitrogens with one attached hydrogen (secondary N) is 1. The van der Waals surface area contributed by atoms with Crippen molar-refractivity contribution in [3.8, 4) is 0 Å². The van der Waals surface area contributed by atoms with E-state index in [0.717, 1.165) is 0 Å². The summed E-state index contributed by atoms with van der Waals surface area (Å²) in [7, 11) is 0. The summed E-state index contributed by atoms with van der Waals surface area (Å²) in [6.45, 7) is 5.27. The lowest BCUT2D eigenvalue weighted by Gasteiger charge is -2.21. The topological polar surface area (TPSA) is 142 Å². The molecule has 0 aliphatic rings. The van der Waals surface area contributed by atoms with Gasteiger partial charge in [-0.05, 0) is 51.0 Å². The molecule has 8 heteroatoms. The lowest BCUT2D eigenvalue weighted by atomic mass is 9.99. The van der Waals surface area contributed by atoms with Crippen molar-refractivity contribution in [2.75, 3.05) is 12.3 Å². The predicted molar refractivity (Wildman–Crippen MR) is 87.6 cm³/mol. The standard InChI is InChI=1S/C16H24N2O6/c1-16(2,3)24-15(23)18-5-4-12(19)13(20)9-6-10(14(21)22)8-11(17)7-9/h6-8,12-13,19-20H,4-5,17H2,1-3H3,(H,18,23)(H,21,22). The lowest BCUT2D eigenvalue weighted by molar-refractivity contribution is 0.0122. The van der Waals surface area contributed by atoms with Crippen molar-refractivity contribution < 1.29 is 29.6 Å². The van der Waals surface area contributed by atoms with E-state index in [9.17, 15) is 19.8 Å². The molecule has 134 valence electrons. The van der Waals surface area contributed by atoms with E-state index >= 15 is 0 Å². The molecular weight excluding hydrogens is 316 g/mol. The molecule has 1 aromatic carbocycles. The van der Waals surface area contributed by atoms with Crippen molar-refractivity contribution in [3.63, 3.8) is 0 Å². The Hall–Kier alpha value is -2.32. The summed E-state index contributed by atoms with van der Waals surface area (Å²) >= 11 is 0. The van der Waals surface area contributed by atoms with Gasteiger partial charge in [0, 0.05) is 12.2 Å². The van der Waals surface area contributed by atoms with Gasteiger partial charge >= 0.3 is 12.1 Å². The Balaban J connectivity index is 2.61. The van der Waals surface area contributed by atoms with Gasteiger partial charge in [0.1, 0.15) is 11.7 Å². The van der Waals surface area contributed by atoms with Gasteiger partial charge in [0.25, 0.3) is 0 Å². The van der Waals surface area contributed by atoms with Crippen LogP contribution < -0.4 is 11.1 Å². The summed E-state index contributed by atoms with van der Waals surface area (Å²) < 4.78 is 5.05. The van der Waals surface area contributed by atoms with Gasteiger partial charge in [0.2, 0.25) is 0 Å². The molecule has 0 aromatic heterocycles. The number of ether oxygens (including phenoxy) is 1. The van der Waals surface area contributed by atoms with Gasteiger partial charge in [-0.25, -0.2) is 9.59 Å². The fourth-order valence-electron chi connectivity index (χ4n) is 1.99. The lowest BCUT2D eigenvalue weighted by Crippen LogP contribution is -2.34. The molecule has 0 aliphatic heterocycles. The van der Waals surface area contributed by atoms with Crippen LogP contribution in [-0.2, 0) is 4.74 Å². The molecule has 1 rings (SSSR count). The average molecular weight is 340 g/mol. The van der Waals surface area contributed by atoms with E-state index in [1.54, 1.807) is 20.8 Å². The van der Waals surface area contributed by atoms with Crippen molar-refractivity contribution >= 4 is 17.7 Å². The fourth-order valence-corrected chi connectivity index (χ4v) is 1.99. The van der Waals surface area contributed by atoms with Gasteiger partial charge in [0.05, 0.1) is 11.7 Å². The number of anilines is 1. The second-order valence-corrected chi connectivity index (χ2v) is 6.42. The first-order valence-corrected chi connectivity index (χ1v) is 7.46. The monoisotopic (exact) mass is 340 g/mol. The number of nitrogen functional groups attached to an aromatic ring is 1. The second-order valence-electron chi connectivity index (χ2n) is 6.42. The van der Waals surface area contributed by atoms with Crippen LogP contribution in [0.1, 0.15) is 49.2 Å². The molecule has 0 aliphatic carbocycles. The molecule has 0 fully saturated rings. The van der Waals surface area contributed by atoms with Gasteiger partial charge in [-0.15, -0.1) is 0 Å². The number of benzene rings is 1. The average Bonchev–Trinajstić information content (AvgIpc) is 2.43. The zero-order chi connectivity index (χ0) is 18.5. The Morgan fingerprint density at radius 2 is 1.88 bits per heavy atom. The number of carboxylic acids is 1. The second kappa shape index (κ2) is 7.98. The third-order valence-corrected chi connectivity index (χ3v) is 3.04. The number of carboxylic acid groups (broad SMARTS) is 1. The molecule has 1 amide bonds. The normalized spacial score (nSPS) is 13.9. The van der Waals surface area contributed by atoms with Crippen molar-refractivity contribution in [2.45, 2.75) is 45.0 Å². The van der Waals surface area contributed by atoms with E-state index < -0.39 is 29.9 Å². The predicted octanol–water partition coefficient (Wildman–Crippen LogP) is 1.28. The first kappa shape index (κ1) is 19.7. The van der Waals surface area contributed by atoms with E-state index in [4.69, 9.17) is 15.6 Å². The summed E-state index contributed by atoms with van der Waals surface area (Å²) in [5.74, 6) is -1.18. The highest BCUT2D eigenvalue weighted by molar-refractivity contribution is 5.89. The highest BCUT2D eigenvalue weighted by Crippen LogP contribution is 2.23. The van der Waals surface area contributed by atoms with Crippen LogP contribution in [0.5, 0.6) is 0 Å². The van der Waals surface area contributed by atoms with Gasteiger partial charge in [0.15, 0.2) is 0 Å². The van der Waals surface area contributed by atoms with Crippen LogP contribution in [0.25, 0.3) is 0 Å². The maximum absolute atomic E-state index is 11.5. The molecule has 0 saturated carbocycles. The molecular formula is C16H24N2O6. The van der Waals surface area contributed by atoms with E-state index in [-0.39, 0.29) is 29.8 Å². The number of aliphatic hydroxyl groups is 2. The summed E-state index contributed by atoms with van der Waals surface area (Å²) in [4.78, 5) is 22.5. The summed E-state index contributed by atoms with van der Waals surface area (Å²) in [5.41, 5.74) is 5.26. The zero-order valence-corrected chi connectivity index (χ0v) is 13.9. The SMILES string of the molecule is CC(C)(C)OC(=O)NCCC(O)C(O)c1cc(N)cc(C(=O)O)c1. The van der Waals surface area contributed by atoms with E-state index in [1.165, 1.54) is 18.2 Å². The Kier molecular flexibility index (Phi) is 6.56. The molecule has 0 radical (unpaired) electrons. The van der Waals surface area contributed by atoms with Crippen molar-refractivity contribution in [1.82, 2.24) is 5.32 Å². The van der Waals surface area contributed by atoms with Crippen molar-refractivity contribution in [1.29, 1.82) is 0 Å². The third kappa shape index (κ3) is 6.43. The Labute approximate surface area is 140 Å². The van der Waals surface area contributed by atoms with Gasteiger partial charge in [-0.2, -0.15) is 0 Å². The molecule has 2 atom stereocenters. The molecule has 0 spiro atoms. The van der Waals surface area contributed by atoms with Crippen LogP contribution in [0, 0.1) is 0 Å². The number of carbonyl (C=O) groups is 2. The first-order valence-electron chi connectivity index (χ1n) is 7.46. The minimum Gasteiger partial charge on any atom is -0.478 e. The summed E-state index contributed by atoms with van der Waals surface area (Å²) in [5, 5.41) is 31.6. The Bertz CT molecular complexity index is 597. The number of aromatic carboxylic acids is 1. The number of nitrogens with two attached hydrogens (primary N) is 1. The Morgan fingerprint density at radius 1 is 1.25 bits per heavy atom. The van der Waals surface area contributed by atoms with Crippen molar-refractivity contribution in [2.24, 2.45) is 0 Å².